The van der Waals surface area contributed by atoms with E-state index < -0.39 is 48.4 Å². The van der Waals surface area contributed by atoms with Crippen molar-refractivity contribution in [3.63, 3.8) is 0 Å². The number of esters is 2. The molecule has 1 aliphatic rings. The second kappa shape index (κ2) is 14.4. The molecule has 4 rings (SSSR count). The number of alkyl halides is 3. The van der Waals surface area contributed by atoms with Crippen LogP contribution in [0.3, 0.4) is 0 Å². The molecule has 12 nitrogen and oxygen atoms in total. The number of carbonyl (C=O) groups excluding carboxylic acids is 4. The third kappa shape index (κ3) is 8.60. The van der Waals surface area contributed by atoms with Gasteiger partial charge in [0.05, 0.1) is 18.2 Å². The van der Waals surface area contributed by atoms with Gasteiger partial charge in [0.15, 0.2) is 0 Å². The summed E-state index contributed by atoms with van der Waals surface area (Å²) in [6.07, 6.45) is -3.50. The van der Waals surface area contributed by atoms with Crippen molar-refractivity contribution in [2.24, 2.45) is 0 Å². The zero-order chi connectivity index (χ0) is 31.9. The summed E-state index contributed by atoms with van der Waals surface area (Å²) in [5.41, 5.74) is 2.22. The summed E-state index contributed by atoms with van der Waals surface area (Å²) in [5.74, 6) is -4.95. The molecule has 0 radical (unpaired) electrons. The van der Waals surface area contributed by atoms with Crippen LogP contribution in [0.5, 0.6) is 0 Å². The first kappa shape index (κ1) is 32.5. The number of aromatic nitrogens is 4. The molecule has 0 spiro atoms. The minimum atomic E-state index is -5.30. The van der Waals surface area contributed by atoms with Gasteiger partial charge in [-0.25, -0.2) is 9.48 Å². The Morgan fingerprint density at radius 1 is 1.14 bits per heavy atom. The van der Waals surface area contributed by atoms with Gasteiger partial charge in [0.2, 0.25) is 11.8 Å². The highest BCUT2D eigenvalue weighted by Gasteiger charge is 2.42. The molecule has 0 unspecified atom stereocenters. The Labute approximate surface area is 254 Å². The molecule has 3 aromatic rings. The van der Waals surface area contributed by atoms with E-state index in [2.05, 4.69) is 30.9 Å². The molecule has 3 atom stereocenters. The van der Waals surface area contributed by atoms with Crippen molar-refractivity contribution in [2.75, 3.05) is 13.1 Å². The summed E-state index contributed by atoms with van der Waals surface area (Å²) < 4.78 is 42.7. The van der Waals surface area contributed by atoms with Crippen LogP contribution in [0.25, 0.3) is 5.69 Å². The van der Waals surface area contributed by atoms with Gasteiger partial charge in [0.1, 0.15) is 12.4 Å². The fraction of sp³-hybridized carbons (Fsp3) is 0.393. The lowest BCUT2D eigenvalue weighted by atomic mass is 9.84. The molecule has 1 aromatic heterocycles. The second-order valence-electron chi connectivity index (χ2n) is 10.2. The quantitative estimate of drug-likeness (QED) is 0.253. The average Bonchev–Trinajstić information content (AvgIpc) is 3.53. The minimum Gasteiger partial charge on any atom is -0.386 e. The molecule has 1 saturated heterocycles. The minimum absolute atomic E-state index is 0.0152. The number of hydrogen-bond acceptors (Lipinski definition) is 9. The summed E-state index contributed by atoms with van der Waals surface area (Å²) >= 11 is 6.14. The fourth-order valence-corrected chi connectivity index (χ4v) is 5.13. The molecule has 234 valence electrons. The molecule has 2 aromatic carbocycles. The lowest BCUT2D eigenvalue weighted by Crippen LogP contribution is -2.55. The Balaban J connectivity index is 1.40. The highest BCUT2D eigenvalue weighted by Crippen LogP contribution is 2.32. The Morgan fingerprint density at radius 2 is 1.89 bits per heavy atom. The van der Waals surface area contributed by atoms with Gasteiger partial charge in [-0.2, -0.15) is 13.2 Å². The van der Waals surface area contributed by atoms with Gasteiger partial charge < -0.3 is 15.4 Å². The molecular formula is C28H29ClF3N7O5. The first-order valence-corrected chi connectivity index (χ1v) is 14.0. The van der Waals surface area contributed by atoms with E-state index in [1.54, 1.807) is 23.1 Å². The van der Waals surface area contributed by atoms with Crippen molar-refractivity contribution in [2.45, 2.75) is 56.9 Å². The normalized spacial score (nSPS) is 17.8. The zero-order valence-corrected chi connectivity index (χ0v) is 24.2. The zero-order valence-electron chi connectivity index (χ0n) is 23.5. The standard InChI is InChI=1S/C28H29ClF3N7O5/c1-17(25(41)33-15-20-13-21(29)7-8-22(20)39-16-34-36-37-39)35-26(42)23-14-19(18-5-3-2-4-6-18)9-11-38(23)12-10-24(40)44-27(43)28(30,31)32/h2-8,13,16-17,19,23H,9-12,14-15H2,1H3,(H,33,41)(H,35,42)/t17-,19-,23+/m0/s1. The van der Waals surface area contributed by atoms with Crippen LogP contribution in [0.15, 0.2) is 54.9 Å². The molecule has 2 heterocycles. The third-order valence-electron chi connectivity index (χ3n) is 7.17. The number of amides is 2. The molecule has 44 heavy (non-hydrogen) atoms. The Morgan fingerprint density at radius 3 is 2.57 bits per heavy atom. The number of nitrogens with zero attached hydrogens (tertiary/aromatic N) is 5. The predicted molar refractivity (Wildman–Crippen MR) is 149 cm³/mol. The lowest BCUT2D eigenvalue weighted by Gasteiger charge is -2.39. The predicted octanol–water partition coefficient (Wildman–Crippen LogP) is 2.71. The maximum absolute atomic E-state index is 13.5. The highest BCUT2D eigenvalue weighted by atomic mass is 35.5. The van der Waals surface area contributed by atoms with Gasteiger partial charge in [-0.3, -0.25) is 19.3 Å². The number of hydrogen-bond donors (Lipinski definition) is 2. The molecule has 1 fully saturated rings. The van der Waals surface area contributed by atoms with Crippen molar-refractivity contribution < 1.29 is 37.1 Å². The van der Waals surface area contributed by atoms with Crippen LogP contribution < -0.4 is 10.6 Å². The van der Waals surface area contributed by atoms with Crippen LogP contribution in [-0.2, 0) is 30.5 Å². The molecule has 0 saturated carbocycles. The summed E-state index contributed by atoms with van der Waals surface area (Å²) in [6.45, 7) is 1.78. The van der Waals surface area contributed by atoms with E-state index >= 15 is 0 Å². The number of benzene rings is 2. The maximum Gasteiger partial charge on any atom is 0.491 e. The molecule has 2 N–H and O–H groups in total. The van der Waals surface area contributed by atoms with E-state index in [-0.39, 0.29) is 19.0 Å². The molecule has 2 amide bonds. The number of likely N-dealkylation sites (tertiary alicyclic amines) is 1. The van der Waals surface area contributed by atoms with Gasteiger partial charge >= 0.3 is 18.1 Å². The van der Waals surface area contributed by atoms with E-state index in [1.165, 1.54) is 17.9 Å². The largest absolute Gasteiger partial charge is 0.491 e. The van der Waals surface area contributed by atoms with E-state index in [0.29, 0.717) is 35.7 Å². The van der Waals surface area contributed by atoms with E-state index in [9.17, 15) is 32.3 Å². The number of piperidine rings is 1. The lowest BCUT2D eigenvalue weighted by molar-refractivity contribution is -0.202. The van der Waals surface area contributed by atoms with Crippen molar-refractivity contribution in [3.8, 4) is 5.69 Å². The molecular weight excluding hydrogens is 607 g/mol. The summed E-state index contributed by atoms with van der Waals surface area (Å²) in [5, 5.41) is 17.0. The smallest absolute Gasteiger partial charge is 0.386 e. The Kier molecular flexibility index (Phi) is 10.7. The van der Waals surface area contributed by atoms with Crippen LogP contribution in [-0.4, -0.2) is 80.2 Å². The Bertz CT molecular complexity index is 1470. The SMILES string of the molecule is C[C@H](NC(=O)[C@H]1C[C@@H](c2ccccc2)CCN1CCC(=O)OC(=O)C(F)(F)F)C(=O)NCc1cc(Cl)ccc1-n1cnnn1. The van der Waals surface area contributed by atoms with Gasteiger partial charge in [0, 0.05) is 18.1 Å². The van der Waals surface area contributed by atoms with Crippen LogP contribution >= 0.6 is 11.6 Å². The van der Waals surface area contributed by atoms with Crippen molar-refractivity contribution in [1.82, 2.24) is 35.7 Å². The van der Waals surface area contributed by atoms with Crippen LogP contribution in [0, 0.1) is 0 Å². The Hall–Kier alpha value is -4.37. The van der Waals surface area contributed by atoms with Crippen molar-refractivity contribution >= 4 is 35.4 Å². The fourth-order valence-electron chi connectivity index (χ4n) is 4.93. The van der Waals surface area contributed by atoms with E-state index in [4.69, 9.17) is 11.6 Å². The van der Waals surface area contributed by atoms with Gasteiger partial charge in [-0.15, -0.1) is 5.10 Å². The van der Waals surface area contributed by atoms with Crippen molar-refractivity contribution in [3.05, 3.63) is 71.0 Å². The topological polar surface area (TPSA) is 148 Å². The maximum atomic E-state index is 13.5. The average molecular weight is 636 g/mol. The molecule has 0 bridgehead atoms. The van der Waals surface area contributed by atoms with Crippen LogP contribution in [0.4, 0.5) is 13.2 Å². The number of nitrogens with one attached hydrogen (secondary N) is 2. The first-order valence-electron chi connectivity index (χ1n) is 13.6. The van der Waals surface area contributed by atoms with Gasteiger partial charge in [-0.1, -0.05) is 41.9 Å². The third-order valence-corrected chi connectivity index (χ3v) is 7.41. The van der Waals surface area contributed by atoms with Crippen LogP contribution in [0.1, 0.15) is 43.2 Å². The second-order valence-corrected chi connectivity index (χ2v) is 10.6. The van der Waals surface area contributed by atoms with Gasteiger partial charge in [-0.05, 0) is 72.0 Å². The number of tetrazole rings is 1. The van der Waals surface area contributed by atoms with Crippen LogP contribution in [0.2, 0.25) is 5.02 Å². The first-order chi connectivity index (χ1) is 20.9. The number of ether oxygens (including phenoxy) is 1. The summed E-state index contributed by atoms with van der Waals surface area (Å²) in [7, 11) is 0. The summed E-state index contributed by atoms with van der Waals surface area (Å²) in [4.78, 5) is 51.1. The highest BCUT2D eigenvalue weighted by molar-refractivity contribution is 6.30. The molecule has 0 aliphatic carbocycles. The monoisotopic (exact) mass is 635 g/mol. The van der Waals surface area contributed by atoms with Gasteiger partial charge in [0.25, 0.3) is 0 Å². The van der Waals surface area contributed by atoms with E-state index in [0.717, 1.165) is 5.56 Å². The molecule has 16 heteroatoms. The van der Waals surface area contributed by atoms with Crippen molar-refractivity contribution in [1.29, 1.82) is 0 Å². The van der Waals surface area contributed by atoms with E-state index in [1.807, 2.05) is 30.3 Å². The number of halogens is 4. The molecule has 1 aliphatic heterocycles. The number of rotatable bonds is 10. The summed E-state index contributed by atoms with van der Waals surface area (Å²) in [6, 6.07) is 12.7. The number of carbonyl (C=O) groups is 4.